The number of carboxylic acid groups (broad SMARTS) is 1. The first-order valence-electron chi connectivity index (χ1n) is 7.97. The van der Waals surface area contributed by atoms with Crippen molar-refractivity contribution < 1.29 is 19.4 Å². The molecule has 1 amide bonds. The number of hydrogen-bond donors (Lipinski definition) is 1. The highest BCUT2D eigenvalue weighted by atomic mass is 16.6. The van der Waals surface area contributed by atoms with Gasteiger partial charge in [-0.2, -0.15) is 0 Å². The van der Waals surface area contributed by atoms with Gasteiger partial charge < -0.3 is 14.7 Å². The van der Waals surface area contributed by atoms with E-state index in [9.17, 15) is 14.7 Å². The Morgan fingerprint density at radius 1 is 1.23 bits per heavy atom. The third kappa shape index (κ3) is 5.18. The lowest BCUT2D eigenvalue weighted by atomic mass is 9.76. The summed E-state index contributed by atoms with van der Waals surface area (Å²) < 4.78 is 5.52. The maximum Gasteiger partial charge on any atom is 0.410 e. The zero-order valence-electron chi connectivity index (χ0n) is 15.0. The molecule has 0 aromatic carbocycles. The van der Waals surface area contributed by atoms with Gasteiger partial charge in [0.2, 0.25) is 0 Å². The Morgan fingerprint density at radius 3 is 2.23 bits per heavy atom. The molecule has 1 atom stereocenters. The van der Waals surface area contributed by atoms with E-state index in [-0.39, 0.29) is 17.6 Å². The smallest absolute Gasteiger partial charge is 0.410 e. The molecule has 1 heterocycles. The number of amides is 1. The monoisotopic (exact) mass is 313 g/mol. The van der Waals surface area contributed by atoms with Crippen molar-refractivity contribution >= 4 is 12.1 Å². The fourth-order valence-electron chi connectivity index (χ4n) is 2.81. The number of ether oxygens (including phenoxy) is 1. The molecular formula is C17H31NO4. The second-order valence-corrected chi connectivity index (χ2v) is 8.86. The normalized spacial score (nSPS) is 22.3. The van der Waals surface area contributed by atoms with E-state index < -0.39 is 17.0 Å². The molecule has 0 saturated carbocycles. The third-order valence-corrected chi connectivity index (χ3v) is 4.15. The quantitative estimate of drug-likeness (QED) is 0.857. The molecule has 1 aliphatic heterocycles. The first-order valence-corrected chi connectivity index (χ1v) is 7.97. The van der Waals surface area contributed by atoms with Crippen LogP contribution >= 0.6 is 0 Å². The summed E-state index contributed by atoms with van der Waals surface area (Å²) in [6.45, 7) is 13.8. The second kappa shape index (κ2) is 6.09. The van der Waals surface area contributed by atoms with Gasteiger partial charge in [0.25, 0.3) is 0 Å². The van der Waals surface area contributed by atoms with E-state index in [0.29, 0.717) is 13.0 Å². The van der Waals surface area contributed by atoms with Crippen molar-refractivity contribution in [3.8, 4) is 0 Å². The van der Waals surface area contributed by atoms with Crippen LogP contribution < -0.4 is 0 Å². The highest BCUT2D eigenvalue weighted by Crippen LogP contribution is 2.37. The largest absolute Gasteiger partial charge is 0.481 e. The fraction of sp³-hybridized carbons (Fsp3) is 0.882. The molecular weight excluding hydrogens is 282 g/mol. The Hall–Kier alpha value is -1.26. The lowest BCUT2D eigenvalue weighted by Gasteiger charge is -2.45. The van der Waals surface area contributed by atoms with Gasteiger partial charge in [-0.25, -0.2) is 4.79 Å². The standard InChI is InChI=1S/C17H31NO4/c1-15(2,3)22-14(21)18-11-16(4,5)9-8-12(18)10-17(6,7)13(19)20/h12H,8-11H2,1-7H3,(H,19,20). The first-order chi connectivity index (χ1) is 9.73. The molecule has 1 N–H and O–H groups in total. The minimum absolute atomic E-state index is 0.0285. The maximum absolute atomic E-state index is 12.5. The molecule has 1 rings (SSSR count). The van der Waals surface area contributed by atoms with Crippen LogP contribution in [0.1, 0.15) is 67.7 Å². The molecule has 22 heavy (non-hydrogen) atoms. The molecule has 0 aliphatic carbocycles. The number of rotatable bonds is 3. The Bertz CT molecular complexity index is 434. The van der Waals surface area contributed by atoms with E-state index in [4.69, 9.17) is 4.74 Å². The van der Waals surface area contributed by atoms with Gasteiger partial charge in [0.05, 0.1) is 5.41 Å². The van der Waals surface area contributed by atoms with E-state index in [1.165, 1.54) is 0 Å². The van der Waals surface area contributed by atoms with Crippen LogP contribution in [0.15, 0.2) is 0 Å². The summed E-state index contributed by atoms with van der Waals surface area (Å²) in [6.07, 6.45) is 1.89. The van der Waals surface area contributed by atoms with Crippen LogP contribution in [0.3, 0.4) is 0 Å². The van der Waals surface area contributed by atoms with Crippen molar-refractivity contribution in [3.05, 3.63) is 0 Å². The van der Waals surface area contributed by atoms with Crippen molar-refractivity contribution in [1.82, 2.24) is 4.90 Å². The number of hydrogen-bond acceptors (Lipinski definition) is 3. The fourth-order valence-corrected chi connectivity index (χ4v) is 2.81. The molecule has 1 fully saturated rings. The second-order valence-electron chi connectivity index (χ2n) is 8.86. The SMILES string of the molecule is CC1(C)CCC(CC(C)(C)C(=O)O)N(C(=O)OC(C)(C)C)C1. The van der Waals surface area contributed by atoms with Crippen LogP contribution in [0.4, 0.5) is 4.79 Å². The third-order valence-electron chi connectivity index (χ3n) is 4.15. The van der Waals surface area contributed by atoms with E-state index in [0.717, 1.165) is 12.8 Å². The Balaban J connectivity index is 2.93. The molecule has 0 aromatic heterocycles. The average molecular weight is 313 g/mol. The number of aliphatic carboxylic acids is 1. The number of nitrogens with zero attached hydrogens (tertiary/aromatic N) is 1. The van der Waals surface area contributed by atoms with Gasteiger partial charge >= 0.3 is 12.1 Å². The number of carbonyl (C=O) groups is 2. The predicted octanol–water partition coefficient (Wildman–Crippen LogP) is 3.91. The van der Waals surface area contributed by atoms with Gasteiger partial charge in [0.15, 0.2) is 0 Å². The zero-order valence-corrected chi connectivity index (χ0v) is 15.0. The summed E-state index contributed by atoms with van der Waals surface area (Å²) in [7, 11) is 0. The van der Waals surface area contributed by atoms with Crippen LogP contribution in [0.25, 0.3) is 0 Å². The molecule has 5 heteroatoms. The molecule has 5 nitrogen and oxygen atoms in total. The lowest BCUT2D eigenvalue weighted by Crippen LogP contribution is -2.52. The summed E-state index contributed by atoms with van der Waals surface area (Å²) in [6, 6.07) is -0.0889. The van der Waals surface area contributed by atoms with E-state index >= 15 is 0 Å². The highest BCUT2D eigenvalue weighted by Gasteiger charge is 2.41. The number of likely N-dealkylation sites (tertiary alicyclic amines) is 1. The first kappa shape index (κ1) is 18.8. The lowest BCUT2D eigenvalue weighted by molar-refractivity contribution is -0.148. The topological polar surface area (TPSA) is 66.8 Å². The molecule has 1 unspecified atom stereocenters. The molecule has 1 saturated heterocycles. The summed E-state index contributed by atoms with van der Waals surface area (Å²) in [5.74, 6) is -0.832. The molecule has 0 spiro atoms. The Kier molecular flexibility index (Phi) is 5.20. The Labute approximate surface area is 134 Å². The zero-order chi connectivity index (χ0) is 17.3. The van der Waals surface area contributed by atoms with Crippen molar-refractivity contribution in [2.24, 2.45) is 10.8 Å². The average Bonchev–Trinajstić information content (AvgIpc) is 2.28. The summed E-state index contributed by atoms with van der Waals surface area (Å²) in [4.78, 5) is 25.7. The van der Waals surface area contributed by atoms with Crippen LogP contribution in [-0.2, 0) is 9.53 Å². The summed E-state index contributed by atoms with van der Waals surface area (Å²) in [5.41, 5.74) is -1.38. The van der Waals surface area contributed by atoms with E-state index in [1.807, 2.05) is 20.8 Å². The van der Waals surface area contributed by atoms with Crippen LogP contribution in [0.2, 0.25) is 0 Å². The van der Waals surface area contributed by atoms with Gasteiger partial charge in [-0.1, -0.05) is 13.8 Å². The minimum atomic E-state index is -0.855. The molecule has 0 aromatic rings. The van der Waals surface area contributed by atoms with Crippen molar-refractivity contribution in [3.63, 3.8) is 0 Å². The maximum atomic E-state index is 12.5. The summed E-state index contributed by atoms with van der Waals surface area (Å²) in [5, 5.41) is 9.35. The van der Waals surface area contributed by atoms with Crippen LogP contribution in [0, 0.1) is 10.8 Å². The van der Waals surface area contributed by atoms with Gasteiger partial charge in [-0.05, 0) is 59.3 Å². The van der Waals surface area contributed by atoms with Crippen molar-refractivity contribution in [2.45, 2.75) is 79.4 Å². The number of piperidine rings is 1. The molecule has 0 bridgehead atoms. The Morgan fingerprint density at radius 2 is 1.77 bits per heavy atom. The van der Waals surface area contributed by atoms with Crippen molar-refractivity contribution in [1.29, 1.82) is 0 Å². The minimum Gasteiger partial charge on any atom is -0.481 e. The van der Waals surface area contributed by atoms with Gasteiger partial charge in [-0.15, -0.1) is 0 Å². The van der Waals surface area contributed by atoms with Crippen LogP contribution in [0.5, 0.6) is 0 Å². The molecule has 128 valence electrons. The van der Waals surface area contributed by atoms with Crippen LogP contribution in [-0.4, -0.2) is 40.3 Å². The predicted molar refractivity (Wildman–Crippen MR) is 85.8 cm³/mol. The van der Waals surface area contributed by atoms with E-state index in [2.05, 4.69) is 13.8 Å². The number of carbonyl (C=O) groups excluding carboxylic acids is 1. The van der Waals surface area contributed by atoms with Gasteiger partial charge in [0.1, 0.15) is 5.60 Å². The van der Waals surface area contributed by atoms with E-state index in [1.54, 1.807) is 18.7 Å². The van der Waals surface area contributed by atoms with Gasteiger partial charge in [0, 0.05) is 12.6 Å². The highest BCUT2D eigenvalue weighted by molar-refractivity contribution is 5.74. The van der Waals surface area contributed by atoms with Crippen molar-refractivity contribution in [2.75, 3.05) is 6.54 Å². The number of carboxylic acids is 1. The summed E-state index contributed by atoms with van der Waals surface area (Å²) >= 11 is 0. The molecule has 1 aliphatic rings. The van der Waals surface area contributed by atoms with Gasteiger partial charge in [-0.3, -0.25) is 4.79 Å². The molecule has 0 radical (unpaired) electrons.